The third kappa shape index (κ3) is 8.32. The van der Waals surface area contributed by atoms with Crippen LogP contribution < -0.4 is 10.4 Å². The van der Waals surface area contributed by atoms with Crippen molar-refractivity contribution >= 4 is 62.9 Å². The van der Waals surface area contributed by atoms with Crippen LogP contribution in [0.3, 0.4) is 0 Å². The van der Waals surface area contributed by atoms with Gasteiger partial charge in [-0.2, -0.15) is 0 Å². The molecule has 5 heteroatoms. The third-order valence-corrected chi connectivity index (χ3v) is 20.1. The molecular formula is C51H48Cl4Zr. The van der Waals surface area contributed by atoms with Crippen molar-refractivity contribution in [3.63, 3.8) is 0 Å². The van der Waals surface area contributed by atoms with Crippen molar-refractivity contribution in [2.75, 3.05) is 0 Å². The second-order valence-electron chi connectivity index (χ2n) is 15.1. The molecular weight excluding hydrogens is 846 g/mol. The molecule has 0 amide bonds. The Balaban J connectivity index is 0.00000266. The van der Waals surface area contributed by atoms with Gasteiger partial charge < -0.3 is 0 Å². The standard InChI is InChI=1S/C31H29.C15H12Cl2.C5H5.2ClH.Zr/c1-4-5-16-31(27-14-10-7-11-15-27)21-26-19-25-20-28(24-12-8-6-9-13-24)22(2)17-29(25)30(26)18-23(31)3;16-14-8-2-6-12(10-14)4-1-5-13-7-3-9-15(17)11-13;1-2-4-5-3-1;;;/h6-15,17-20H,4-5,16H2,1-3H3;2-3,6-11H,4-5H2;1-3H,4H2;2*1H;. The summed E-state index contributed by atoms with van der Waals surface area (Å²) in [5.41, 5.74) is 12.0. The summed E-state index contributed by atoms with van der Waals surface area (Å²) in [5.74, 6) is 0. The summed E-state index contributed by atoms with van der Waals surface area (Å²) in [6, 6.07) is 44.4. The Morgan fingerprint density at radius 3 is 1.95 bits per heavy atom. The predicted octanol–water partition coefficient (Wildman–Crippen LogP) is 13.2. The first-order valence-corrected chi connectivity index (χ1v) is 23.8. The van der Waals surface area contributed by atoms with Crippen LogP contribution in [0, 0.1) is 6.92 Å². The third-order valence-electron chi connectivity index (χ3n) is 11.6. The molecule has 3 aliphatic rings. The number of benzene rings is 5. The molecule has 1 atom stereocenters. The SMILES string of the molecule is CCCCC1(c2ccccc2)C(C)=CC2=c3cc(C)c(-c4ccccc4)cc3=CC2=[C]1[Zr]([C]1=CC=CC1)=[C](Cc1cccc(Cl)c1)Cc1cccc(Cl)c1.Cl.Cl. The summed E-state index contributed by atoms with van der Waals surface area (Å²) in [6.07, 6.45) is 18.5. The number of aryl methyl sites for hydroxylation is 1. The molecule has 0 spiro atoms. The zero-order valence-electron chi connectivity index (χ0n) is 32.2. The Morgan fingerprint density at radius 1 is 0.714 bits per heavy atom. The Hall–Kier alpha value is -3.29. The average Bonchev–Trinajstić information content (AvgIpc) is 3.83. The minimum absolute atomic E-state index is 0. The number of hydrogen-bond donors (Lipinski definition) is 0. The van der Waals surface area contributed by atoms with Crippen molar-refractivity contribution in [1.82, 2.24) is 0 Å². The van der Waals surface area contributed by atoms with E-state index < -0.39 is 21.3 Å². The van der Waals surface area contributed by atoms with Crippen molar-refractivity contribution in [2.45, 2.75) is 64.7 Å². The molecule has 0 bridgehead atoms. The van der Waals surface area contributed by atoms with E-state index in [0.29, 0.717) is 0 Å². The van der Waals surface area contributed by atoms with Crippen LogP contribution in [0.2, 0.25) is 10.0 Å². The van der Waals surface area contributed by atoms with Gasteiger partial charge in [0.25, 0.3) is 0 Å². The molecule has 5 aromatic rings. The summed E-state index contributed by atoms with van der Waals surface area (Å²) in [4.78, 5) is 0. The maximum absolute atomic E-state index is 6.70. The maximum Gasteiger partial charge on any atom is -0.147 e. The molecule has 0 aromatic heterocycles. The predicted molar refractivity (Wildman–Crippen MR) is 244 cm³/mol. The number of allylic oxidation sites excluding steroid dienone is 8. The minimum Gasteiger partial charge on any atom is -0.147 e. The van der Waals surface area contributed by atoms with Gasteiger partial charge in [-0.25, -0.2) is 0 Å². The Kier molecular flexibility index (Phi) is 14.0. The Bertz CT molecular complexity index is 2490. The van der Waals surface area contributed by atoms with E-state index in [9.17, 15) is 0 Å². The first-order valence-electron chi connectivity index (χ1n) is 19.3. The smallest absolute Gasteiger partial charge is 0.147 e. The van der Waals surface area contributed by atoms with Gasteiger partial charge in [0.05, 0.1) is 0 Å². The molecule has 0 radical (unpaired) electrons. The molecule has 0 N–H and O–H groups in total. The molecule has 1 unspecified atom stereocenters. The van der Waals surface area contributed by atoms with E-state index in [1.807, 2.05) is 12.1 Å². The molecule has 0 heterocycles. The molecule has 0 aliphatic heterocycles. The molecule has 0 saturated heterocycles. The first-order chi connectivity index (χ1) is 26.4. The largest absolute Gasteiger partial charge is 0.147 e. The van der Waals surface area contributed by atoms with E-state index in [1.165, 1.54) is 60.5 Å². The van der Waals surface area contributed by atoms with Gasteiger partial charge in [-0.15, -0.1) is 24.8 Å². The Labute approximate surface area is 363 Å². The number of hydrogen-bond acceptors (Lipinski definition) is 0. The van der Waals surface area contributed by atoms with Gasteiger partial charge in [0.15, 0.2) is 0 Å². The monoisotopic (exact) mass is 890 g/mol. The summed E-state index contributed by atoms with van der Waals surface area (Å²) >= 11 is 10.4. The van der Waals surface area contributed by atoms with Crippen LogP contribution in [-0.2, 0) is 39.5 Å². The maximum atomic E-state index is 6.70. The van der Waals surface area contributed by atoms with Crippen molar-refractivity contribution in [2.24, 2.45) is 0 Å². The zero-order valence-corrected chi connectivity index (χ0v) is 37.9. The molecule has 8 rings (SSSR count). The Morgan fingerprint density at radius 2 is 1.36 bits per heavy atom. The fourth-order valence-electron chi connectivity index (χ4n) is 9.09. The van der Waals surface area contributed by atoms with Crippen LogP contribution >= 0.6 is 48.0 Å². The number of halogens is 4. The molecule has 0 fully saturated rings. The average molecular weight is 894 g/mol. The van der Waals surface area contributed by atoms with Crippen molar-refractivity contribution < 1.29 is 21.3 Å². The molecule has 0 nitrogen and oxygen atoms in total. The van der Waals surface area contributed by atoms with Crippen LogP contribution in [-0.4, -0.2) is 3.21 Å². The summed E-state index contributed by atoms with van der Waals surface area (Å²) in [5, 5.41) is 4.28. The van der Waals surface area contributed by atoms with Gasteiger partial charge >= 0.3 is 341 Å². The van der Waals surface area contributed by atoms with Crippen molar-refractivity contribution in [3.05, 3.63) is 206 Å². The molecule has 0 saturated carbocycles. The number of rotatable bonds is 11. The van der Waals surface area contributed by atoms with Crippen LogP contribution in [0.1, 0.15) is 61.8 Å². The van der Waals surface area contributed by atoms with Gasteiger partial charge in [-0.05, 0) is 0 Å². The normalized spacial score (nSPS) is 16.6. The summed E-state index contributed by atoms with van der Waals surface area (Å²) < 4.78 is 5.02. The van der Waals surface area contributed by atoms with E-state index in [1.54, 1.807) is 9.77 Å². The van der Waals surface area contributed by atoms with Gasteiger partial charge in [0.1, 0.15) is 0 Å². The van der Waals surface area contributed by atoms with Crippen molar-refractivity contribution in [1.29, 1.82) is 0 Å². The van der Waals surface area contributed by atoms with Gasteiger partial charge in [0, 0.05) is 0 Å². The fourth-order valence-corrected chi connectivity index (χ4v) is 19.0. The summed E-state index contributed by atoms with van der Waals surface area (Å²) in [7, 11) is 0. The van der Waals surface area contributed by atoms with E-state index in [-0.39, 0.29) is 30.2 Å². The topological polar surface area (TPSA) is 0 Å². The fraction of sp³-hybridized carbons (Fsp3) is 0.196. The number of unbranched alkanes of at least 4 members (excludes halogenated alkanes) is 1. The van der Waals surface area contributed by atoms with Gasteiger partial charge in [-0.1, -0.05) is 0 Å². The van der Waals surface area contributed by atoms with E-state index in [4.69, 9.17) is 23.2 Å². The van der Waals surface area contributed by atoms with E-state index in [0.717, 1.165) is 48.6 Å². The zero-order chi connectivity index (χ0) is 37.2. The molecule has 56 heavy (non-hydrogen) atoms. The van der Waals surface area contributed by atoms with E-state index >= 15 is 0 Å². The molecule has 3 aliphatic carbocycles. The number of fused-ring (bicyclic) bond motifs is 2. The first kappa shape index (κ1) is 42.3. The van der Waals surface area contributed by atoms with Crippen molar-refractivity contribution in [3.8, 4) is 11.1 Å². The van der Waals surface area contributed by atoms with Crippen LogP contribution in [0.5, 0.6) is 0 Å². The van der Waals surface area contributed by atoms with Crippen LogP contribution in [0.4, 0.5) is 0 Å². The minimum atomic E-state index is -3.01. The van der Waals surface area contributed by atoms with Gasteiger partial charge in [0.2, 0.25) is 0 Å². The molecule has 284 valence electrons. The second-order valence-corrected chi connectivity index (χ2v) is 22.3. The van der Waals surface area contributed by atoms with Crippen LogP contribution in [0.15, 0.2) is 163 Å². The molecule has 5 aromatic carbocycles. The quantitative estimate of drug-likeness (QED) is 0.124. The van der Waals surface area contributed by atoms with Crippen LogP contribution in [0.25, 0.3) is 22.8 Å². The second kappa shape index (κ2) is 18.5. The van der Waals surface area contributed by atoms with E-state index in [2.05, 4.69) is 160 Å². The van der Waals surface area contributed by atoms with Gasteiger partial charge in [-0.3, -0.25) is 0 Å². The summed E-state index contributed by atoms with van der Waals surface area (Å²) in [6.45, 7) is 7.05.